The van der Waals surface area contributed by atoms with Crippen molar-refractivity contribution < 1.29 is 74.9 Å². The van der Waals surface area contributed by atoms with Crippen LogP contribution < -0.4 is 64.8 Å². The molecule has 9 heavy (non-hydrogen) atoms. The van der Waals surface area contributed by atoms with E-state index in [1.807, 2.05) is 0 Å². The van der Waals surface area contributed by atoms with Crippen LogP contribution in [0.2, 0.25) is 0 Å². The van der Waals surface area contributed by atoms with Crippen LogP contribution in [0.4, 0.5) is 0 Å². The van der Waals surface area contributed by atoms with Gasteiger partial charge in [0.2, 0.25) is 0 Å². The minimum atomic E-state index is -3.80. The van der Waals surface area contributed by atoms with Crippen molar-refractivity contribution in [3.8, 4) is 0 Å². The SMILES string of the molecule is NCCS(=O)(=O)O.[H-].[H-].[Na+].[Na+]. The Kier molecular flexibility index (Phi) is 15.1. The van der Waals surface area contributed by atoms with E-state index < -0.39 is 10.1 Å². The summed E-state index contributed by atoms with van der Waals surface area (Å²) in [7, 11) is -3.80. The fourth-order valence-corrected chi connectivity index (χ4v) is 0.447. The molecule has 0 aromatic heterocycles. The average Bonchev–Trinajstić information content (AvgIpc) is 1.30. The first kappa shape index (κ1) is 17.1. The molecule has 0 rings (SSSR count). The summed E-state index contributed by atoms with van der Waals surface area (Å²) in [6.45, 7) is -0.0289. The Balaban J connectivity index is -0.0000000300. The van der Waals surface area contributed by atoms with Crippen LogP contribution in [0.5, 0.6) is 0 Å². The largest absolute Gasteiger partial charge is 1.00 e. The third kappa shape index (κ3) is 17.7. The molecule has 0 fully saturated rings. The second-order valence-electron chi connectivity index (χ2n) is 1.07. The standard InChI is InChI=1S/C2H7NO3S.2Na.2H/c3-1-2-7(4,5)6;;;;/h1-3H2,(H,4,5,6);;;;/q;2*+1;2*-1. The summed E-state index contributed by atoms with van der Waals surface area (Å²) in [5.74, 6) is -0.354. The third-order valence-electron chi connectivity index (χ3n) is 0.376. The molecular weight excluding hydrogens is 164 g/mol. The van der Waals surface area contributed by atoms with Crippen molar-refractivity contribution in [1.82, 2.24) is 0 Å². The first-order valence-corrected chi connectivity index (χ1v) is 3.32. The second-order valence-corrected chi connectivity index (χ2v) is 2.65. The van der Waals surface area contributed by atoms with Crippen molar-refractivity contribution in [2.24, 2.45) is 5.73 Å². The van der Waals surface area contributed by atoms with E-state index in [0.29, 0.717) is 0 Å². The summed E-state index contributed by atoms with van der Waals surface area (Å²) in [6, 6.07) is 0. The van der Waals surface area contributed by atoms with Crippen molar-refractivity contribution >= 4 is 10.1 Å². The fraction of sp³-hybridized carbons (Fsp3) is 1.00. The van der Waals surface area contributed by atoms with Crippen molar-refractivity contribution in [2.45, 2.75) is 0 Å². The Morgan fingerprint density at radius 3 is 1.78 bits per heavy atom. The minimum absolute atomic E-state index is 0. The molecule has 0 bridgehead atoms. The molecule has 3 N–H and O–H groups in total. The molecule has 0 aromatic carbocycles. The van der Waals surface area contributed by atoms with Gasteiger partial charge in [-0.25, -0.2) is 0 Å². The van der Waals surface area contributed by atoms with Gasteiger partial charge in [-0.3, -0.25) is 4.55 Å². The summed E-state index contributed by atoms with van der Waals surface area (Å²) < 4.78 is 27.3. The van der Waals surface area contributed by atoms with Crippen molar-refractivity contribution in [2.75, 3.05) is 12.3 Å². The first-order chi connectivity index (χ1) is 3.06. The number of rotatable bonds is 2. The predicted octanol–water partition coefficient (Wildman–Crippen LogP) is -6.93. The molecule has 0 aliphatic carbocycles. The fourth-order valence-electron chi connectivity index (χ4n) is 0.149. The summed E-state index contributed by atoms with van der Waals surface area (Å²) in [5.41, 5.74) is 4.78. The maximum absolute atomic E-state index is 9.71. The summed E-state index contributed by atoms with van der Waals surface area (Å²) in [4.78, 5) is 0. The third-order valence-corrected chi connectivity index (χ3v) is 1.13. The quantitative estimate of drug-likeness (QED) is 0.321. The van der Waals surface area contributed by atoms with Gasteiger partial charge < -0.3 is 8.59 Å². The second kappa shape index (κ2) is 7.97. The van der Waals surface area contributed by atoms with Crippen LogP contribution in [0, 0.1) is 0 Å². The topological polar surface area (TPSA) is 80.4 Å². The molecule has 0 saturated carbocycles. The molecular formula is C2H9NNa2O3S. The van der Waals surface area contributed by atoms with Gasteiger partial charge in [0.15, 0.2) is 0 Å². The van der Waals surface area contributed by atoms with Crippen LogP contribution in [0.25, 0.3) is 0 Å². The molecule has 4 nitrogen and oxygen atoms in total. The molecule has 0 aliphatic rings. The predicted molar refractivity (Wildman–Crippen MR) is 27.7 cm³/mol. The molecule has 0 aliphatic heterocycles. The zero-order valence-electron chi connectivity index (χ0n) is 7.66. The van der Waals surface area contributed by atoms with Crippen LogP contribution in [0.15, 0.2) is 0 Å². The maximum atomic E-state index is 9.71. The summed E-state index contributed by atoms with van der Waals surface area (Å²) >= 11 is 0. The first-order valence-electron chi connectivity index (χ1n) is 1.71. The number of hydrogen-bond donors (Lipinski definition) is 2. The minimum Gasteiger partial charge on any atom is -1.00 e. The molecule has 0 unspecified atom stereocenters. The van der Waals surface area contributed by atoms with E-state index in [9.17, 15) is 8.42 Å². The molecule has 0 aromatic rings. The van der Waals surface area contributed by atoms with Crippen LogP contribution in [-0.4, -0.2) is 25.3 Å². The van der Waals surface area contributed by atoms with Gasteiger partial charge in [-0.15, -0.1) is 0 Å². The zero-order chi connectivity index (χ0) is 5.91. The van der Waals surface area contributed by atoms with E-state index in [4.69, 9.17) is 10.3 Å². The Labute approximate surface area is 102 Å². The zero-order valence-corrected chi connectivity index (χ0v) is 10.5. The number of nitrogens with two attached hydrogens (primary N) is 1. The van der Waals surface area contributed by atoms with E-state index in [1.165, 1.54) is 0 Å². The maximum Gasteiger partial charge on any atom is 1.00 e. The monoisotopic (exact) mass is 173 g/mol. The Morgan fingerprint density at radius 2 is 1.78 bits per heavy atom. The van der Waals surface area contributed by atoms with Crippen LogP contribution in [0.3, 0.4) is 0 Å². The molecule has 7 heteroatoms. The smallest absolute Gasteiger partial charge is 1.00 e. The Hall–Kier alpha value is 1.87. The van der Waals surface area contributed by atoms with Gasteiger partial charge in [0.25, 0.3) is 10.1 Å². The van der Waals surface area contributed by atoms with Crippen molar-refractivity contribution in [3.05, 3.63) is 0 Å². The normalized spacial score (nSPS) is 9.11. The Bertz CT molecular complexity index is 140. The van der Waals surface area contributed by atoms with Gasteiger partial charge in [-0.05, 0) is 0 Å². The van der Waals surface area contributed by atoms with E-state index in [0.717, 1.165) is 0 Å². The summed E-state index contributed by atoms with van der Waals surface area (Å²) in [6.07, 6.45) is 0. The van der Waals surface area contributed by atoms with Gasteiger partial charge in [0.05, 0.1) is 5.75 Å². The van der Waals surface area contributed by atoms with Gasteiger partial charge >= 0.3 is 59.1 Å². The van der Waals surface area contributed by atoms with E-state index in [-0.39, 0.29) is 74.3 Å². The molecule has 0 atom stereocenters. The van der Waals surface area contributed by atoms with E-state index in [2.05, 4.69) is 0 Å². The molecule has 0 saturated heterocycles. The number of hydrogen-bond acceptors (Lipinski definition) is 3. The molecule has 0 heterocycles. The van der Waals surface area contributed by atoms with Crippen molar-refractivity contribution in [3.63, 3.8) is 0 Å². The molecule has 0 amide bonds. The van der Waals surface area contributed by atoms with Crippen molar-refractivity contribution in [1.29, 1.82) is 0 Å². The van der Waals surface area contributed by atoms with Gasteiger partial charge in [0, 0.05) is 6.54 Å². The van der Waals surface area contributed by atoms with Crippen LogP contribution in [-0.2, 0) is 10.1 Å². The molecule has 0 spiro atoms. The van der Waals surface area contributed by atoms with E-state index >= 15 is 0 Å². The molecule has 0 radical (unpaired) electrons. The van der Waals surface area contributed by atoms with E-state index in [1.54, 1.807) is 0 Å². The Morgan fingerprint density at radius 1 is 1.44 bits per heavy atom. The molecule has 48 valence electrons. The van der Waals surface area contributed by atoms with Crippen LogP contribution >= 0.6 is 0 Å². The van der Waals surface area contributed by atoms with Gasteiger partial charge in [-0.2, -0.15) is 8.42 Å². The average molecular weight is 173 g/mol. The van der Waals surface area contributed by atoms with Gasteiger partial charge in [-0.1, -0.05) is 0 Å². The van der Waals surface area contributed by atoms with Crippen LogP contribution in [0.1, 0.15) is 2.85 Å². The van der Waals surface area contributed by atoms with Gasteiger partial charge in [0.1, 0.15) is 0 Å². The summed E-state index contributed by atoms with van der Waals surface area (Å²) in [5, 5.41) is 0.